The van der Waals surface area contributed by atoms with Gasteiger partial charge in [0.1, 0.15) is 0 Å². The second-order valence-corrected chi connectivity index (χ2v) is 5.60. The molecular weight excluding hydrogens is 333 g/mol. The van der Waals surface area contributed by atoms with Crippen LogP contribution in [0.5, 0.6) is 0 Å². The summed E-state index contributed by atoms with van der Waals surface area (Å²) in [6, 6.07) is 18.9. The normalized spacial score (nSPS) is 10.8. The summed E-state index contributed by atoms with van der Waals surface area (Å²) in [4.78, 5) is 4.76. The average molecular weight is 345 g/mol. The Bertz CT molecular complexity index is 705. The molecule has 0 saturated heterocycles. The Morgan fingerprint density at radius 3 is 2.50 bits per heavy atom. The molecule has 0 amide bonds. The van der Waals surface area contributed by atoms with Crippen molar-refractivity contribution >= 4 is 33.5 Å². The third-order valence-electron chi connectivity index (χ3n) is 3.05. The summed E-state index contributed by atoms with van der Waals surface area (Å²) in [6.45, 7) is 2.14. The maximum atomic E-state index is 4.76. The van der Waals surface area contributed by atoms with Gasteiger partial charge in [-0.1, -0.05) is 36.4 Å². The van der Waals surface area contributed by atoms with Crippen molar-refractivity contribution in [3.8, 4) is 11.3 Å². The van der Waals surface area contributed by atoms with Crippen molar-refractivity contribution in [2.75, 3.05) is 0 Å². The highest BCUT2D eigenvalue weighted by molar-refractivity contribution is 14.1. The van der Waals surface area contributed by atoms with E-state index in [-0.39, 0.29) is 0 Å². The summed E-state index contributed by atoms with van der Waals surface area (Å²) >= 11 is 2.33. The zero-order valence-electron chi connectivity index (χ0n) is 10.0. The monoisotopic (exact) mass is 345 g/mol. The van der Waals surface area contributed by atoms with Crippen molar-refractivity contribution < 1.29 is 0 Å². The van der Waals surface area contributed by atoms with Crippen LogP contribution in [-0.4, -0.2) is 4.98 Å². The maximum Gasteiger partial charge on any atom is 0.0722 e. The third-order valence-corrected chi connectivity index (χ3v) is 3.72. The molecule has 1 heterocycles. The van der Waals surface area contributed by atoms with E-state index in [1.165, 1.54) is 20.1 Å². The SMILES string of the molecule is Cc1cc(-c2ccccc2)nc2cc(I)ccc12. The van der Waals surface area contributed by atoms with Gasteiger partial charge in [0.25, 0.3) is 0 Å². The smallest absolute Gasteiger partial charge is 0.0722 e. The second-order valence-electron chi connectivity index (χ2n) is 4.35. The predicted octanol–water partition coefficient (Wildman–Crippen LogP) is 4.81. The van der Waals surface area contributed by atoms with Gasteiger partial charge in [-0.15, -0.1) is 0 Å². The molecule has 18 heavy (non-hydrogen) atoms. The Labute approximate surface area is 120 Å². The molecule has 0 fully saturated rings. The minimum absolute atomic E-state index is 1.04. The number of aromatic nitrogens is 1. The van der Waals surface area contributed by atoms with Gasteiger partial charge in [0.15, 0.2) is 0 Å². The van der Waals surface area contributed by atoms with Gasteiger partial charge in [0, 0.05) is 14.5 Å². The minimum Gasteiger partial charge on any atom is -0.248 e. The molecule has 0 radical (unpaired) electrons. The highest BCUT2D eigenvalue weighted by atomic mass is 127. The van der Waals surface area contributed by atoms with Crippen LogP contribution in [0.25, 0.3) is 22.2 Å². The summed E-state index contributed by atoms with van der Waals surface area (Å²) < 4.78 is 1.22. The van der Waals surface area contributed by atoms with Gasteiger partial charge < -0.3 is 0 Å². The number of halogens is 1. The fourth-order valence-corrected chi connectivity index (χ4v) is 2.61. The zero-order valence-corrected chi connectivity index (χ0v) is 12.2. The summed E-state index contributed by atoms with van der Waals surface area (Å²) in [7, 11) is 0. The average Bonchev–Trinajstić information content (AvgIpc) is 2.39. The number of fused-ring (bicyclic) bond motifs is 1. The van der Waals surface area contributed by atoms with Gasteiger partial charge in [-0.25, -0.2) is 4.98 Å². The molecule has 2 aromatic carbocycles. The first kappa shape index (κ1) is 11.7. The van der Waals surface area contributed by atoms with Gasteiger partial charge >= 0.3 is 0 Å². The van der Waals surface area contributed by atoms with Crippen LogP contribution in [-0.2, 0) is 0 Å². The minimum atomic E-state index is 1.04. The molecule has 0 spiro atoms. The number of benzene rings is 2. The molecule has 88 valence electrons. The lowest BCUT2D eigenvalue weighted by Crippen LogP contribution is -1.89. The summed E-state index contributed by atoms with van der Waals surface area (Å²) in [5, 5.41) is 1.23. The first-order valence-corrected chi connectivity index (χ1v) is 6.94. The van der Waals surface area contributed by atoms with Crippen molar-refractivity contribution in [1.29, 1.82) is 0 Å². The van der Waals surface area contributed by atoms with Crippen LogP contribution in [0.1, 0.15) is 5.56 Å². The molecule has 3 aromatic rings. The van der Waals surface area contributed by atoms with Crippen molar-refractivity contribution in [3.63, 3.8) is 0 Å². The van der Waals surface area contributed by atoms with Crippen LogP contribution in [0.3, 0.4) is 0 Å². The van der Waals surface area contributed by atoms with Gasteiger partial charge in [-0.2, -0.15) is 0 Å². The zero-order chi connectivity index (χ0) is 12.5. The van der Waals surface area contributed by atoms with Crippen LogP contribution >= 0.6 is 22.6 Å². The van der Waals surface area contributed by atoms with Crippen molar-refractivity contribution in [2.45, 2.75) is 6.92 Å². The van der Waals surface area contributed by atoms with E-state index in [9.17, 15) is 0 Å². The fourth-order valence-electron chi connectivity index (χ4n) is 2.13. The summed E-state index contributed by atoms with van der Waals surface area (Å²) in [5.41, 5.74) is 4.56. The maximum absolute atomic E-state index is 4.76. The Morgan fingerprint density at radius 1 is 0.944 bits per heavy atom. The van der Waals surface area contributed by atoms with Crippen molar-refractivity contribution in [2.24, 2.45) is 0 Å². The van der Waals surface area contributed by atoms with Crippen LogP contribution < -0.4 is 0 Å². The molecular formula is C16H12IN. The van der Waals surface area contributed by atoms with E-state index in [0.29, 0.717) is 0 Å². The van der Waals surface area contributed by atoms with Crippen LogP contribution in [0.15, 0.2) is 54.6 Å². The number of pyridine rings is 1. The Balaban J connectivity index is 2.27. The number of aryl methyl sites for hydroxylation is 1. The van der Waals surface area contributed by atoms with E-state index in [1.807, 2.05) is 18.2 Å². The predicted molar refractivity (Wildman–Crippen MR) is 84.6 cm³/mol. The summed E-state index contributed by atoms with van der Waals surface area (Å²) in [6.07, 6.45) is 0. The van der Waals surface area contributed by atoms with Crippen LogP contribution in [0, 0.1) is 10.5 Å². The number of nitrogens with zero attached hydrogens (tertiary/aromatic N) is 1. The standard InChI is InChI=1S/C16H12IN/c1-11-9-15(12-5-3-2-4-6-12)18-16-10-13(17)7-8-14(11)16/h2-10H,1H3. The molecule has 0 bridgehead atoms. The van der Waals surface area contributed by atoms with E-state index in [0.717, 1.165) is 11.2 Å². The number of hydrogen-bond acceptors (Lipinski definition) is 1. The molecule has 0 aliphatic carbocycles. The molecule has 2 heteroatoms. The lowest BCUT2D eigenvalue weighted by Gasteiger charge is -2.07. The Morgan fingerprint density at radius 2 is 1.72 bits per heavy atom. The van der Waals surface area contributed by atoms with E-state index in [4.69, 9.17) is 4.98 Å². The molecule has 0 saturated carbocycles. The first-order chi connectivity index (χ1) is 8.74. The number of rotatable bonds is 1. The van der Waals surface area contributed by atoms with E-state index in [2.05, 4.69) is 65.9 Å². The van der Waals surface area contributed by atoms with Crippen LogP contribution in [0.2, 0.25) is 0 Å². The van der Waals surface area contributed by atoms with E-state index < -0.39 is 0 Å². The number of hydrogen-bond donors (Lipinski definition) is 0. The van der Waals surface area contributed by atoms with Crippen molar-refractivity contribution in [3.05, 3.63) is 63.7 Å². The second kappa shape index (κ2) is 4.69. The van der Waals surface area contributed by atoms with Gasteiger partial charge in [0.2, 0.25) is 0 Å². The van der Waals surface area contributed by atoms with E-state index >= 15 is 0 Å². The van der Waals surface area contributed by atoms with Crippen LogP contribution in [0.4, 0.5) is 0 Å². The Hall–Kier alpha value is -1.42. The molecule has 1 aromatic heterocycles. The fraction of sp³-hybridized carbons (Fsp3) is 0.0625. The molecule has 1 nitrogen and oxygen atoms in total. The lowest BCUT2D eigenvalue weighted by atomic mass is 10.1. The molecule has 0 N–H and O–H groups in total. The van der Waals surface area contributed by atoms with E-state index in [1.54, 1.807) is 0 Å². The quantitative estimate of drug-likeness (QED) is 0.577. The van der Waals surface area contributed by atoms with Gasteiger partial charge in [0.05, 0.1) is 11.2 Å². The highest BCUT2D eigenvalue weighted by Gasteiger charge is 2.04. The highest BCUT2D eigenvalue weighted by Crippen LogP contribution is 2.25. The molecule has 0 aliphatic heterocycles. The van der Waals surface area contributed by atoms with Gasteiger partial charge in [-0.3, -0.25) is 0 Å². The molecule has 0 unspecified atom stereocenters. The molecule has 0 aliphatic rings. The van der Waals surface area contributed by atoms with Crippen molar-refractivity contribution in [1.82, 2.24) is 4.98 Å². The largest absolute Gasteiger partial charge is 0.248 e. The topological polar surface area (TPSA) is 12.9 Å². The van der Waals surface area contributed by atoms with Gasteiger partial charge in [-0.05, 0) is 53.3 Å². The molecule has 3 rings (SSSR count). The first-order valence-electron chi connectivity index (χ1n) is 5.86. The third kappa shape index (κ3) is 2.12. The summed E-state index contributed by atoms with van der Waals surface area (Å²) in [5.74, 6) is 0. The Kier molecular flexibility index (Phi) is 3.04. The molecule has 0 atom stereocenters. The lowest BCUT2D eigenvalue weighted by molar-refractivity contribution is 1.36.